The van der Waals surface area contributed by atoms with Crippen LogP contribution in [0, 0.1) is 23.6 Å². The van der Waals surface area contributed by atoms with Crippen molar-refractivity contribution in [2.24, 2.45) is 17.8 Å². The predicted octanol–water partition coefficient (Wildman–Crippen LogP) is 10.3. The minimum atomic E-state index is -0.972. The van der Waals surface area contributed by atoms with Crippen LogP contribution in [-0.2, 0) is 15.1 Å². The first-order chi connectivity index (χ1) is 28.4. The number of ether oxygens (including phenoxy) is 1. The van der Waals surface area contributed by atoms with Crippen LogP contribution < -0.4 is 5.32 Å². The van der Waals surface area contributed by atoms with E-state index in [-0.39, 0.29) is 46.1 Å². The lowest BCUT2D eigenvalue weighted by molar-refractivity contribution is -0.152. The second-order valence-electron chi connectivity index (χ2n) is 15.2. The number of carbonyl (C=O) groups is 1. The fourth-order valence-corrected chi connectivity index (χ4v) is 9.69. The molecule has 0 saturated heterocycles. The summed E-state index contributed by atoms with van der Waals surface area (Å²) in [7, 11) is 1.41. The third kappa shape index (κ3) is 5.85. The zero-order chi connectivity index (χ0) is 39.4. The highest BCUT2D eigenvalue weighted by Crippen LogP contribution is 2.48. The quantitative estimate of drug-likeness (QED) is 0.114. The number of hydrogen-bond donors (Lipinski definition) is 1. The Hall–Kier alpha value is -6.39. The maximum absolute atomic E-state index is 17.2. The second-order valence-corrected chi connectivity index (χ2v) is 15.6. The van der Waals surface area contributed by atoms with Gasteiger partial charge in [0.1, 0.15) is 27.5 Å². The number of carbonyl (C=O) groups excluding carboxylic acids is 1. The summed E-state index contributed by atoms with van der Waals surface area (Å²) < 4.78 is 30.9. The van der Waals surface area contributed by atoms with Crippen LogP contribution in [-0.4, -0.2) is 43.6 Å². The van der Waals surface area contributed by atoms with Gasteiger partial charge in [-0.1, -0.05) is 121 Å². The summed E-state index contributed by atoms with van der Waals surface area (Å²) in [5.41, 5.74) is 3.92. The van der Waals surface area contributed by atoms with Crippen molar-refractivity contribution in [2.45, 2.75) is 37.3 Å². The number of rotatable bonds is 9. The molecule has 3 saturated carbocycles. The van der Waals surface area contributed by atoms with Gasteiger partial charge in [-0.15, -0.1) is 0 Å². The molecular weight excluding hydrogens is 751 g/mol. The van der Waals surface area contributed by atoms with E-state index < -0.39 is 23.3 Å². The highest BCUT2D eigenvalue weighted by atomic mass is 35.5. The molecule has 11 heteroatoms. The van der Waals surface area contributed by atoms with Crippen molar-refractivity contribution in [1.29, 1.82) is 0 Å². The van der Waals surface area contributed by atoms with Crippen molar-refractivity contribution in [3.63, 3.8) is 0 Å². The number of esters is 1. The standard InChI is InChI=1S/C47H38ClFN6O3/c1-57-46(56)38-28-21-23-29(24-22-28)40(38)52-44-39(49)42(36-25-30-13-11-12-20-35(30)58-36)53-43(54-44)34-27-55(45-41(34)51-37(48)26-50-45)47(31-14-5-2-6-15-31,32-16-7-3-8-17-32)33-18-9-4-10-19-33/h2-20,25-29,38,40H,21-24H2,1H3,(H,52,53,54). The van der Waals surface area contributed by atoms with E-state index in [1.165, 1.54) is 13.3 Å². The van der Waals surface area contributed by atoms with E-state index in [0.29, 0.717) is 22.3 Å². The lowest BCUT2D eigenvalue weighted by Crippen LogP contribution is -2.52. The summed E-state index contributed by atoms with van der Waals surface area (Å²) in [4.78, 5) is 33.0. The lowest BCUT2D eigenvalue weighted by atomic mass is 9.61. The molecule has 3 fully saturated rings. The fourth-order valence-electron chi connectivity index (χ4n) is 9.56. The summed E-state index contributed by atoms with van der Waals surface area (Å²) in [6.07, 6.45) is 7.17. The Balaban J connectivity index is 1.24. The molecule has 58 heavy (non-hydrogen) atoms. The lowest BCUT2D eigenvalue weighted by Gasteiger charge is -2.47. The number of methoxy groups -OCH3 is 1. The van der Waals surface area contributed by atoms with Gasteiger partial charge in [-0.2, -0.15) is 0 Å². The monoisotopic (exact) mass is 788 g/mol. The molecule has 8 aromatic rings. The Morgan fingerprint density at radius 2 is 1.43 bits per heavy atom. The molecule has 1 N–H and O–H groups in total. The highest BCUT2D eigenvalue weighted by Gasteiger charge is 2.48. The van der Waals surface area contributed by atoms with E-state index in [2.05, 4.69) is 46.3 Å². The summed E-state index contributed by atoms with van der Waals surface area (Å²) >= 11 is 6.65. The van der Waals surface area contributed by atoms with Crippen LogP contribution in [0.25, 0.3) is 45.0 Å². The van der Waals surface area contributed by atoms with Gasteiger partial charge in [0.25, 0.3) is 0 Å². The third-order valence-electron chi connectivity index (χ3n) is 12.1. The van der Waals surface area contributed by atoms with Gasteiger partial charge < -0.3 is 19.0 Å². The molecule has 2 bridgehead atoms. The van der Waals surface area contributed by atoms with Crippen molar-refractivity contribution in [1.82, 2.24) is 24.5 Å². The second kappa shape index (κ2) is 14.5. The van der Waals surface area contributed by atoms with Gasteiger partial charge in [0.15, 0.2) is 28.9 Å². The van der Waals surface area contributed by atoms with Crippen LogP contribution >= 0.6 is 11.6 Å². The van der Waals surface area contributed by atoms with E-state index in [1.54, 1.807) is 6.07 Å². The van der Waals surface area contributed by atoms with Crippen molar-refractivity contribution >= 4 is 45.5 Å². The zero-order valence-electron chi connectivity index (χ0n) is 31.6. The van der Waals surface area contributed by atoms with Crippen molar-refractivity contribution in [3.8, 4) is 22.8 Å². The van der Waals surface area contributed by atoms with Crippen LogP contribution in [0.15, 0.2) is 138 Å². The van der Waals surface area contributed by atoms with Gasteiger partial charge in [-0.05, 0) is 66.3 Å². The normalized spacial score (nSPS) is 19.1. The van der Waals surface area contributed by atoms with Crippen molar-refractivity contribution in [2.75, 3.05) is 12.4 Å². The molecule has 0 amide bonds. The molecule has 11 rings (SSSR count). The van der Waals surface area contributed by atoms with Crippen molar-refractivity contribution in [3.05, 3.63) is 161 Å². The van der Waals surface area contributed by atoms with Crippen LogP contribution in [0.3, 0.4) is 0 Å². The largest absolute Gasteiger partial charge is 0.469 e. The molecular formula is C47H38ClFN6O3. The van der Waals surface area contributed by atoms with E-state index in [1.807, 2.05) is 85.1 Å². The Morgan fingerprint density at radius 3 is 2.05 bits per heavy atom. The number of para-hydroxylation sites is 1. The molecule has 4 aromatic carbocycles. The number of fused-ring (bicyclic) bond motifs is 5. The Bertz CT molecular complexity index is 2660. The molecule has 0 aliphatic heterocycles. The Morgan fingerprint density at radius 1 is 0.828 bits per heavy atom. The summed E-state index contributed by atoms with van der Waals surface area (Å²) in [5, 5.41) is 4.41. The van der Waals surface area contributed by atoms with Gasteiger partial charge in [0, 0.05) is 17.6 Å². The molecule has 4 heterocycles. The van der Waals surface area contributed by atoms with Crippen LogP contribution in [0.4, 0.5) is 10.2 Å². The molecule has 0 radical (unpaired) electrons. The summed E-state index contributed by atoms with van der Waals surface area (Å²) in [6, 6.07) is 39.6. The number of nitrogens with zero attached hydrogens (tertiary/aromatic N) is 5. The number of furan rings is 1. The molecule has 3 aliphatic carbocycles. The highest BCUT2D eigenvalue weighted by molar-refractivity contribution is 6.29. The Labute approximate surface area is 338 Å². The number of benzene rings is 4. The average Bonchev–Trinajstić information content (AvgIpc) is 3.88. The van der Waals surface area contributed by atoms with Gasteiger partial charge in [-0.3, -0.25) is 4.79 Å². The number of anilines is 1. The van der Waals surface area contributed by atoms with Crippen molar-refractivity contribution < 1.29 is 18.3 Å². The fraction of sp³-hybridized carbons (Fsp3) is 0.213. The maximum atomic E-state index is 17.2. The molecule has 3 aliphatic rings. The predicted molar refractivity (Wildman–Crippen MR) is 222 cm³/mol. The van der Waals surface area contributed by atoms with Gasteiger partial charge in [0.05, 0.1) is 24.8 Å². The molecule has 2 unspecified atom stereocenters. The Kier molecular flexibility index (Phi) is 9.01. The van der Waals surface area contributed by atoms with Gasteiger partial charge in [-0.25, -0.2) is 24.3 Å². The van der Waals surface area contributed by atoms with Gasteiger partial charge in [0.2, 0.25) is 0 Å². The topological polar surface area (TPSA) is 108 Å². The summed E-state index contributed by atoms with van der Waals surface area (Å²) in [6.45, 7) is 0. The first-order valence-corrected chi connectivity index (χ1v) is 19.9. The van der Waals surface area contributed by atoms with E-state index in [9.17, 15) is 4.79 Å². The average molecular weight is 789 g/mol. The van der Waals surface area contributed by atoms with E-state index in [0.717, 1.165) is 47.8 Å². The maximum Gasteiger partial charge on any atom is 0.311 e. The number of aromatic nitrogens is 5. The van der Waals surface area contributed by atoms with Crippen LogP contribution in [0.5, 0.6) is 0 Å². The first-order valence-electron chi connectivity index (χ1n) is 19.6. The van der Waals surface area contributed by atoms with Crippen LogP contribution in [0.1, 0.15) is 42.4 Å². The number of halogens is 2. The number of nitrogens with one attached hydrogen (secondary N) is 1. The van der Waals surface area contributed by atoms with Gasteiger partial charge >= 0.3 is 5.97 Å². The minimum absolute atomic E-state index is 0.0318. The smallest absolute Gasteiger partial charge is 0.311 e. The van der Waals surface area contributed by atoms with E-state index >= 15 is 4.39 Å². The van der Waals surface area contributed by atoms with E-state index in [4.69, 9.17) is 40.7 Å². The molecule has 288 valence electrons. The summed E-state index contributed by atoms with van der Waals surface area (Å²) in [5.74, 6) is -0.788. The molecule has 4 aromatic heterocycles. The third-order valence-corrected chi connectivity index (χ3v) is 12.3. The minimum Gasteiger partial charge on any atom is -0.469 e. The molecule has 9 nitrogen and oxygen atoms in total. The first kappa shape index (κ1) is 36.0. The van der Waals surface area contributed by atoms with Crippen LogP contribution in [0.2, 0.25) is 5.15 Å². The number of hydrogen-bond acceptors (Lipinski definition) is 8. The zero-order valence-corrected chi connectivity index (χ0v) is 32.3. The molecule has 2 atom stereocenters. The molecule has 0 spiro atoms. The SMILES string of the molecule is COC(=O)C1C2CCC(CC2)C1Nc1nc(-c2cn(C(c3ccccc3)(c3ccccc3)c3ccccc3)c3ncc(Cl)nc23)nc(-c2cc3ccccc3o2)c1F.